The molecule has 68 valence electrons. The lowest BCUT2D eigenvalue weighted by molar-refractivity contribution is 0.0450. The maximum atomic E-state index is 8.17. The van der Waals surface area contributed by atoms with Crippen molar-refractivity contribution in [2.75, 3.05) is 26.4 Å². The molecule has 0 radical (unpaired) electrons. The summed E-state index contributed by atoms with van der Waals surface area (Å²) in [5.41, 5.74) is 0. The van der Waals surface area contributed by atoms with Crippen molar-refractivity contribution in [3.8, 4) is 0 Å². The number of aliphatic hydroxyl groups excluding tert-OH is 4. The van der Waals surface area contributed by atoms with E-state index in [2.05, 4.69) is 4.74 Å². The minimum Gasteiger partial charge on any atom is -0.394 e. The SMILES string of the molecule is OCC(O)CO.OC[C@@H]1CO1. The van der Waals surface area contributed by atoms with Crippen LogP contribution >= 0.6 is 0 Å². The van der Waals surface area contributed by atoms with Crippen LogP contribution in [0.25, 0.3) is 0 Å². The first-order valence-electron chi connectivity index (χ1n) is 3.36. The first kappa shape index (κ1) is 10.8. The van der Waals surface area contributed by atoms with Gasteiger partial charge in [-0.2, -0.15) is 0 Å². The Morgan fingerprint density at radius 3 is 1.73 bits per heavy atom. The van der Waals surface area contributed by atoms with E-state index in [-0.39, 0.29) is 25.9 Å². The molecule has 0 saturated carbocycles. The third-order valence-electron chi connectivity index (χ3n) is 1.03. The molecule has 0 unspecified atom stereocenters. The fourth-order valence-corrected chi connectivity index (χ4v) is 0.231. The highest BCUT2D eigenvalue weighted by atomic mass is 16.6. The smallest absolute Gasteiger partial charge is 0.104 e. The average Bonchev–Trinajstić information content (AvgIpc) is 2.86. The van der Waals surface area contributed by atoms with Gasteiger partial charge in [0.05, 0.1) is 26.4 Å². The molecule has 1 aliphatic heterocycles. The van der Waals surface area contributed by atoms with Gasteiger partial charge in [0.1, 0.15) is 12.2 Å². The zero-order valence-corrected chi connectivity index (χ0v) is 6.18. The summed E-state index contributed by atoms with van der Waals surface area (Å²) in [4.78, 5) is 0. The van der Waals surface area contributed by atoms with Crippen LogP contribution in [0.2, 0.25) is 0 Å². The number of epoxide rings is 1. The van der Waals surface area contributed by atoms with Gasteiger partial charge in [-0.1, -0.05) is 0 Å². The van der Waals surface area contributed by atoms with Crippen LogP contribution in [0.5, 0.6) is 0 Å². The van der Waals surface area contributed by atoms with Crippen LogP contribution in [0.1, 0.15) is 0 Å². The largest absolute Gasteiger partial charge is 0.394 e. The molecule has 1 atom stereocenters. The molecule has 0 aromatic heterocycles. The van der Waals surface area contributed by atoms with E-state index in [1.54, 1.807) is 0 Å². The fraction of sp³-hybridized carbons (Fsp3) is 1.00. The van der Waals surface area contributed by atoms with E-state index in [9.17, 15) is 0 Å². The van der Waals surface area contributed by atoms with Gasteiger partial charge in [-0.25, -0.2) is 0 Å². The quantitative estimate of drug-likeness (QED) is 0.354. The molecule has 4 N–H and O–H groups in total. The standard InChI is InChI=1S/C3H8O3.C3H6O2/c4-1-3(6)2-5;4-1-3-2-5-3/h3-6H,1-2H2;3-4H,1-2H2/t;3-/m.1/s1. The Morgan fingerprint density at radius 2 is 1.73 bits per heavy atom. The minimum absolute atomic E-state index is 0.190. The summed E-state index contributed by atoms with van der Waals surface area (Å²) in [5, 5.41) is 32.1. The van der Waals surface area contributed by atoms with Crippen LogP contribution in [0.4, 0.5) is 0 Å². The van der Waals surface area contributed by atoms with Crippen molar-refractivity contribution in [1.29, 1.82) is 0 Å². The monoisotopic (exact) mass is 166 g/mol. The first-order chi connectivity index (χ1) is 5.24. The lowest BCUT2D eigenvalue weighted by Crippen LogP contribution is -2.15. The minimum atomic E-state index is -0.954. The molecule has 1 saturated heterocycles. The number of ether oxygens (including phenoxy) is 1. The summed E-state index contributed by atoms with van der Waals surface area (Å²) in [7, 11) is 0. The lowest BCUT2D eigenvalue weighted by Gasteiger charge is -1.96. The molecule has 1 heterocycles. The van der Waals surface area contributed by atoms with E-state index in [0.29, 0.717) is 0 Å². The molecule has 0 amide bonds. The van der Waals surface area contributed by atoms with Crippen molar-refractivity contribution in [2.24, 2.45) is 0 Å². The number of rotatable bonds is 3. The van der Waals surface area contributed by atoms with Gasteiger partial charge in [0.15, 0.2) is 0 Å². The molecular formula is C6H14O5. The fourth-order valence-electron chi connectivity index (χ4n) is 0.231. The second-order valence-electron chi connectivity index (χ2n) is 2.16. The Kier molecular flexibility index (Phi) is 6.39. The average molecular weight is 166 g/mol. The van der Waals surface area contributed by atoms with Gasteiger partial charge in [-0.15, -0.1) is 0 Å². The lowest BCUT2D eigenvalue weighted by atomic mass is 10.4. The highest BCUT2D eigenvalue weighted by molar-refractivity contribution is 4.65. The van der Waals surface area contributed by atoms with E-state index in [0.717, 1.165) is 6.61 Å². The molecule has 0 aromatic carbocycles. The normalized spacial score (nSPS) is 21.0. The number of aliphatic hydroxyl groups is 4. The molecule has 0 spiro atoms. The summed E-state index contributed by atoms with van der Waals surface area (Å²) in [6.07, 6.45) is -0.764. The molecular weight excluding hydrogens is 152 g/mol. The Labute approximate surface area is 64.9 Å². The first-order valence-corrected chi connectivity index (χ1v) is 3.36. The molecule has 5 nitrogen and oxygen atoms in total. The maximum absolute atomic E-state index is 8.17. The summed E-state index contributed by atoms with van der Waals surface area (Å²) in [6.45, 7) is 0.226. The van der Waals surface area contributed by atoms with Crippen LogP contribution in [0, 0.1) is 0 Å². The van der Waals surface area contributed by atoms with E-state index >= 15 is 0 Å². The Bertz CT molecular complexity index is 79.0. The van der Waals surface area contributed by atoms with Crippen molar-refractivity contribution in [3.63, 3.8) is 0 Å². The van der Waals surface area contributed by atoms with E-state index in [4.69, 9.17) is 20.4 Å². The molecule has 1 rings (SSSR count). The van der Waals surface area contributed by atoms with E-state index in [1.165, 1.54) is 0 Å². The van der Waals surface area contributed by atoms with E-state index < -0.39 is 6.10 Å². The van der Waals surface area contributed by atoms with Gasteiger partial charge in [-0.3, -0.25) is 0 Å². The summed E-state index contributed by atoms with van der Waals surface area (Å²) in [5.74, 6) is 0. The molecule has 0 bridgehead atoms. The summed E-state index contributed by atoms with van der Waals surface area (Å²) < 4.78 is 4.61. The second kappa shape index (κ2) is 6.51. The Hall–Kier alpha value is -0.200. The number of hydrogen-bond donors (Lipinski definition) is 4. The third-order valence-corrected chi connectivity index (χ3v) is 1.03. The Morgan fingerprint density at radius 1 is 1.27 bits per heavy atom. The molecule has 0 aromatic rings. The van der Waals surface area contributed by atoms with Crippen molar-refractivity contribution in [3.05, 3.63) is 0 Å². The number of hydrogen-bond acceptors (Lipinski definition) is 5. The van der Waals surface area contributed by atoms with Crippen molar-refractivity contribution >= 4 is 0 Å². The van der Waals surface area contributed by atoms with Gasteiger partial charge in [0, 0.05) is 0 Å². The van der Waals surface area contributed by atoms with Crippen LogP contribution < -0.4 is 0 Å². The Balaban J connectivity index is 0.000000183. The van der Waals surface area contributed by atoms with Crippen LogP contribution in [-0.4, -0.2) is 59.1 Å². The second-order valence-corrected chi connectivity index (χ2v) is 2.16. The molecule has 1 aliphatic rings. The van der Waals surface area contributed by atoms with E-state index in [1.807, 2.05) is 0 Å². The van der Waals surface area contributed by atoms with Crippen molar-refractivity contribution in [2.45, 2.75) is 12.2 Å². The van der Waals surface area contributed by atoms with Crippen LogP contribution in [0.3, 0.4) is 0 Å². The molecule has 5 heteroatoms. The highest BCUT2D eigenvalue weighted by Gasteiger charge is 2.19. The molecule has 11 heavy (non-hydrogen) atoms. The highest BCUT2D eigenvalue weighted by Crippen LogP contribution is 2.04. The summed E-state index contributed by atoms with van der Waals surface area (Å²) >= 11 is 0. The van der Waals surface area contributed by atoms with Gasteiger partial charge in [0.25, 0.3) is 0 Å². The zero-order chi connectivity index (χ0) is 8.69. The summed E-state index contributed by atoms with van der Waals surface area (Å²) in [6, 6.07) is 0. The van der Waals surface area contributed by atoms with Gasteiger partial charge in [-0.05, 0) is 0 Å². The molecule has 1 fully saturated rings. The van der Waals surface area contributed by atoms with Crippen LogP contribution in [-0.2, 0) is 4.74 Å². The van der Waals surface area contributed by atoms with Gasteiger partial charge in [0.2, 0.25) is 0 Å². The third kappa shape index (κ3) is 7.70. The predicted octanol–water partition coefficient (Wildman–Crippen LogP) is -2.29. The maximum Gasteiger partial charge on any atom is 0.104 e. The van der Waals surface area contributed by atoms with Crippen molar-refractivity contribution < 1.29 is 25.2 Å². The van der Waals surface area contributed by atoms with Crippen LogP contribution in [0.15, 0.2) is 0 Å². The van der Waals surface area contributed by atoms with Crippen molar-refractivity contribution in [1.82, 2.24) is 0 Å². The predicted molar refractivity (Wildman–Crippen MR) is 37.0 cm³/mol. The molecule has 0 aliphatic carbocycles. The zero-order valence-electron chi connectivity index (χ0n) is 6.18. The topological polar surface area (TPSA) is 93.5 Å². The van der Waals surface area contributed by atoms with Gasteiger partial charge >= 0.3 is 0 Å². The van der Waals surface area contributed by atoms with Gasteiger partial charge < -0.3 is 25.2 Å².